The lowest BCUT2D eigenvalue weighted by atomic mass is 10.2. The van der Waals surface area contributed by atoms with E-state index >= 15 is 0 Å². The fourth-order valence-electron chi connectivity index (χ4n) is 3.22. The summed E-state index contributed by atoms with van der Waals surface area (Å²) in [6, 6.07) is 14.0. The minimum atomic E-state index is -0.211. The Hall–Kier alpha value is -2.40. The Bertz CT molecular complexity index is 716. The van der Waals surface area contributed by atoms with Crippen molar-refractivity contribution in [2.24, 2.45) is 0 Å². The van der Waals surface area contributed by atoms with Crippen LogP contribution in [0.2, 0.25) is 0 Å². The minimum absolute atomic E-state index is 0.0664. The average molecular weight is 356 g/mol. The SMILES string of the molecule is CCOc1ccc(C(=O)N2CCCN(Cc3ccc(F)cc3)CC2)cc1. The molecule has 0 saturated carbocycles. The molecule has 3 rings (SSSR count). The van der Waals surface area contributed by atoms with Gasteiger partial charge >= 0.3 is 0 Å². The molecule has 1 saturated heterocycles. The maximum absolute atomic E-state index is 13.0. The molecule has 26 heavy (non-hydrogen) atoms. The molecule has 4 nitrogen and oxygen atoms in total. The first kappa shape index (κ1) is 18.4. The summed E-state index contributed by atoms with van der Waals surface area (Å²) < 4.78 is 18.5. The van der Waals surface area contributed by atoms with Crippen LogP contribution < -0.4 is 4.74 Å². The van der Waals surface area contributed by atoms with Crippen LogP contribution in [0.4, 0.5) is 4.39 Å². The molecule has 1 amide bonds. The van der Waals surface area contributed by atoms with Gasteiger partial charge in [-0.05, 0) is 55.3 Å². The molecular formula is C21H25FN2O2. The number of benzene rings is 2. The van der Waals surface area contributed by atoms with E-state index in [1.165, 1.54) is 12.1 Å². The van der Waals surface area contributed by atoms with Crippen molar-refractivity contribution in [2.45, 2.75) is 19.9 Å². The first-order valence-electron chi connectivity index (χ1n) is 9.14. The summed E-state index contributed by atoms with van der Waals surface area (Å²) in [6.45, 7) is 6.55. The molecule has 2 aromatic carbocycles. The molecule has 0 aromatic heterocycles. The number of ether oxygens (including phenoxy) is 1. The van der Waals surface area contributed by atoms with Crippen molar-refractivity contribution in [1.82, 2.24) is 9.80 Å². The monoisotopic (exact) mass is 356 g/mol. The Kier molecular flexibility index (Phi) is 6.23. The summed E-state index contributed by atoms with van der Waals surface area (Å²) in [7, 11) is 0. The van der Waals surface area contributed by atoms with E-state index in [2.05, 4.69) is 4.90 Å². The Morgan fingerprint density at radius 3 is 2.42 bits per heavy atom. The van der Waals surface area contributed by atoms with Crippen LogP contribution in [0.25, 0.3) is 0 Å². The Labute approximate surface area is 154 Å². The zero-order chi connectivity index (χ0) is 18.4. The highest BCUT2D eigenvalue weighted by atomic mass is 19.1. The van der Waals surface area contributed by atoms with Crippen LogP contribution >= 0.6 is 0 Å². The fourth-order valence-corrected chi connectivity index (χ4v) is 3.22. The molecule has 0 unspecified atom stereocenters. The van der Waals surface area contributed by atoms with E-state index in [0.29, 0.717) is 18.7 Å². The number of carbonyl (C=O) groups is 1. The van der Waals surface area contributed by atoms with Crippen molar-refractivity contribution in [3.8, 4) is 5.75 Å². The maximum atomic E-state index is 13.0. The minimum Gasteiger partial charge on any atom is -0.494 e. The van der Waals surface area contributed by atoms with Crippen molar-refractivity contribution >= 4 is 5.91 Å². The van der Waals surface area contributed by atoms with Crippen LogP contribution in [0, 0.1) is 5.82 Å². The second kappa shape index (κ2) is 8.81. The molecule has 0 atom stereocenters. The van der Waals surface area contributed by atoms with Gasteiger partial charge in [0.05, 0.1) is 6.61 Å². The van der Waals surface area contributed by atoms with Gasteiger partial charge < -0.3 is 9.64 Å². The predicted octanol–water partition coefficient (Wildman–Crippen LogP) is 3.57. The van der Waals surface area contributed by atoms with Crippen LogP contribution in [-0.4, -0.2) is 48.5 Å². The highest BCUT2D eigenvalue weighted by Crippen LogP contribution is 2.16. The molecule has 1 fully saturated rings. The van der Waals surface area contributed by atoms with Crippen LogP contribution in [-0.2, 0) is 6.54 Å². The molecular weight excluding hydrogens is 331 g/mol. The van der Waals surface area contributed by atoms with Crippen LogP contribution in [0.3, 0.4) is 0 Å². The van der Waals surface area contributed by atoms with Crippen LogP contribution in [0.15, 0.2) is 48.5 Å². The van der Waals surface area contributed by atoms with E-state index in [1.807, 2.05) is 48.2 Å². The summed E-state index contributed by atoms with van der Waals surface area (Å²) in [5, 5.41) is 0. The summed E-state index contributed by atoms with van der Waals surface area (Å²) in [4.78, 5) is 17.0. The van der Waals surface area contributed by atoms with Gasteiger partial charge in [0, 0.05) is 38.3 Å². The molecule has 1 aliphatic rings. The molecule has 1 aliphatic heterocycles. The third-order valence-electron chi connectivity index (χ3n) is 4.61. The number of hydrogen-bond donors (Lipinski definition) is 0. The average Bonchev–Trinajstić information content (AvgIpc) is 2.90. The summed E-state index contributed by atoms with van der Waals surface area (Å²) >= 11 is 0. The number of rotatable bonds is 5. The van der Waals surface area contributed by atoms with Gasteiger partial charge in [0.25, 0.3) is 5.91 Å². The van der Waals surface area contributed by atoms with E-state index < -0.39 is 0 Å². The molecule has 138 valence electrons. The Morgan fingerprint density at radius 2 is 1.73 bits per heavy atom. The lowest BCUT2D eigenvalue weighted by molar-refractivity contribution is 0.0761. The van der Waals surface area contributed by atoms with Crippen molar-refractivity contribution in [2.75, 3.05) is 32.8 Å². The third kappa shape index (κ3) is 4.82. The van der Waals surface area contributed by atoms with Gasteiger partial charge in [-0.1, -0.05) is 12.1 Å². The smallest absolute Gasteiger partial charge is 0.253 e. The van der Waals surface area contributed by atoms with E-state index in [1.54, 1.807) is 0 Å². The van der Waals surface area contributed by atoms with Gasteiger partial charge in [-0.3, -0.25) is 9.69 Å². The maximum Gasteiger partial charge on any atom is 0.253 e. The zero-order valence-corrected chi connectivity index (χ0v) is 15.2. The van der Waals surface area contributed by atoms with Gasteiger partial charge in [0.1, 0.15) is 11.6 Å². The molecule has 0 spiro atoms. The van der Waals surface area contributed by atoms with E-state index in [4.69, 9.17) is 4.74 Å². The predicted molar refractivity (Wildman–Crippen MR) is 99.8 cm³/mol. The summed E-state index contributed by atoms with van der Waals surface area (Å²) in [5.41, 5.74) is 1.79. The van der Waals surface area contributed by atoms with E-state index in [0.717, 1.165) is 43.9 Å². The number of hydrogen-bond acceptors (Lipinski definition) is 3. The second-order valence-electron chi connectivity index (χ2n) is 6.51. The lowest BCUT2D eigenvalue weighted by Crippen LogP contribution is -2.35. The fraction of sp³-hybridized carbons (Fsp3) is 0.381. The Balaban J connectivity index is 1.57. The number of nitrogens with zero attached hydrogens (tertiary/aromatic N) is 2. The molecule has 1 heterocycles. The number of halogens is 1. The highest BCUT2D eigenvalue weighted by Gasteiger charge is 2.20. The molecule has 2 aromatic rings. The Morgan fingerprint density at radius 1 is 1.00 bits per heavy atom. The molecule has 0 radical (unpaired) electrons. The second-order valence-corrected chi connectivity index (χ2v) is 6.51. The standard InChI is InChI=1S/C21H25FN2O2/c1-2-26-20-10-6-18(7-11-20)21(25)24-13-3-12-23(14-15-24)16-17-4-8-19(22)9-5-17/h4-11H,2-3,12-16H2,1H3. The topological polar surface area (TPSA) is 32.8 Å². The highest BCUT2D eigenvalue weighted by molar-refractivity contribution is 5.94. The zero-order valence-electron chi connectivity index (χ0n) is 15.2. The summed E-state index contributed by atoms with van der Waals surface area (Å²) in [5.74, 6) is 0.638. The molecule has 5 heteroatoms. The van der Waals surface area contributed by atoms with Gasteiger partial charge in [-0.15, -0.1) is 0 Å². The lowest BCUT2D eigenvalue weighted by Gasteiger charge is -2.22. The largest absolute Gasteiger partial charge is 0.494 e. The summed E-state index contributed by atoms with van der Waals surface area (Å²) in [6.07, 6.45) is 0.934. The first-order valence-corrected chi connectivity index (χ1v) is 9.14. The van der Waals surface area contributed by atoms with Gasteiger partial charge in [0.2, 0.25) is 0 Å². The third-order valence-corrected chi connectivity index (χ3v) is 4.61. The van der Waals surface area contributed by atoms with Crippen molar-refractivity contribution < 1.29 is 13.9 Å². The van der Waals surface area contributed by atoms with Crippen molar-refractivity contribution in [3.63, 3.8) is 0 Å². The van der Waals surface area contributed by atoms with Gasteiger partial charge in [-0.2, -0.15) is 0 Å². The number of amides is 1. The van der Waals surface area contributed by atoms with Crippen molar-refractivity contribution in [1.29, 1.82) is 0 Å². The van der Waals surface area contributed by atoms with E-state index in [9.17, 15) is 9.18 Å². The van der Waals surface area contributed by atoms with Crippen LogP contribution in [0.5, 0.6) is 5.75 Å². The van der Waals surface area contributed by atoms with Gasteiger partial charge in [-0.25, -0.2) is 4.39 Å². The molecule has 0 bridgehead atoms. The van der Waals surface area contributed by atoms with E-state index in [-0.39, 0.29) is 11.7 Å². The van der Waals surface area contributed by atoms with Gasteiger partial charge in [0.15, 0.2) is 0 Å². The quantitative estimate of drug-likeness (QED) is 0.821. The normalized spacial score (nSPS) is 15.5. The molecule has 0 aliphatic carbocycles. The van der Waals surface area contributed by atoms with Crippen molar-refractivity contribution in [3.05, 3.63) is 65.5 Å². The first-order chi connectivity index (χ1) is 12.7. The molecule has 0 N–H and O–H groups in total. The van der Waals surface area contributed by atoms with Crippen LogP contribution in [0.1, 0.15) is 29.3 Å². The number of carbonyl (C=O) groups excluding carboxylic acids is 1.